The van der Waals surface area contributed by atoms with Crippen LogP contribution in [0.25, 0.3) is 0 Å². The minimum Gasteiger partial charge on any atom is -0.344 e. The molecule has 1 fully saturated rings. The van der Waals surface area contributed by atoms with Crippen LogP contribution in [0.4, 0.5) is 0 Å². The highest BCUT2D eigenvalue weighted by Gasteiger charge is 2.21. The van der Waals surface area contributed by atoms with Crippen LogP contribution in [0, 0.1) is 0 Å². The maximum atomic E-state index is 5.46. The quantitative estimate of drug-likeness (QED) is 0.660. The van der Waals surface area contributed by atoms with E-state index in [2.05, 4.69) is 21.8 Å². The molecule has 15 heavy (non-hydrogen) atoms. The molecule has 1 aliphatic heterocycles. The number of likely N-dealkylation sites (N-methyl/N-ethyl adjacent to an activating group) is 1. The molecule has 0 aromatic rings. The summed E-state index contributed by atoms with van der Waals surface area (Å²) in [5.74, 6) is 1.15. The number of aliphatic imine (C=N–C) groups is 1. The van der Waals surface area contributed by atoms with Gasteiger partial charge in [-0.2, -0.15) is 0 Å². The fourth-order valence-corrected chi connectivity index (χ4v) is 2.04. The van der Waals surface area contributed by atoms with Crippen LogP contribution in [0.15, 0.2) is 4.99 Å². The third-order valence-electron chi connectivity index (χ3n) is 2.91. The first-order chi connectivity index (χ1) is 7.29. The van der Waals surface area contributed by atoms with Crippen LogP contribution in [0.3, 0.4) is 0 Å². The van der Waals surface area contributed by atoms with Crippen molar-refractivity contribution < 1.29 is 0 Å². The van der Waals surface area contributed by atoms with Gasteiger partial charge in [0.1, 0.15) is 0 Å². The van der Waals surface area contributed by atoms with Crippen LogP contribution in [0.5, 0.6) is 0 Å². The largest absolute Gasteiger partial charge is 0.344 e. The number of guanidine groups is 1. The van der Waals surface area contributed by atoms with Gasteiger partial charge in [0.25, 0.3) is 0 Å². The Bertz CT molecular complexity index is 203. The topological polar surface area (TPSA) is 44.9 Å². The van der Waals surface area contributed by atoms with Crippen LogP contribution >= 0.6 is 0 Å². The Morgan fingerprint density at radius 1 is 1.20 bits per heavy atom. The number of unbranched alkanes of at least 4 members (excludes halogenated alkanes) is 3. The molecule has 0 aromatic carbocycles. The molecule has 1 saturated heterocycles. The number of hydrogen-bond acceptors (Lipinski definition) is 2. The average molecular weight is 212 g/mol. The first kappa shape index (κ1) is 12.3. The second kappa shape index (κ2) is 6.67. The normalized spacial score (nSPS) is 19.3. The van der Waals surface area contributed by atoms with E-state index in [1.54, 1.807) is 0 Å². The summed E-state index contributed by atoms with van der Waals surface area (Å²) in [4.78, 5) is 8.91. The number of hydrogen-bond donors (Lipinski definition) is 1. The van der Waals surface area contributed by atoms with E-state index >= 15 is 0 Å². The molecule has 0 amide bonds. The van der Waals surface area contributed by atoms with Crippen LogP contribution in [0.2, 0.25) is 0 Å². The second-order valence-corrected chi connectivity index (χ2v) is 4.14. The van der Waals surface area contributed by atoms with Gasteiger partial charge in [-0.3, -0.25) is 4.99 Å². The van der Waals surface area contributed by atoms with Crippen molar-refractivity contribution in [3.63, 3.8) is 0 Å². The molecule has 4 heteroatoms. The zero-order valence-corrected chi connectivity index (χ0v) is 10.1. The highest BCUT2D eigenvalue weighted by Crippen LogP contribution is 2.08. The van der Waals surface area contributed by atoms with Gasteiger partial charge in [0.15, 0.2) is 5.96 Å². The number of rotatable bonds is 6. The third kappa shape index (κ3) is 3.70. The monoisotopic (exact) mass is 212 g/mol. The van der Waals surface area contributed by atoms with E-state index < -0.39 is 0 Å². The van der Waals surface area contributed by atoms with E-state index in [1.807, 2.05) is 7.05 Å². The van der Waals surface area contributed by atoms with Crippen molar-refractivity contribution in [2.75, 3.05) is 40.3 Å². The van der Waals surface area contributed by atoms with Crippen molar-refractivity contribution in [1.82, 2.24) is 9.80 Å². The average Bonchev–Trinajstić information content (AvgIpc) is 2.59. The highest BCUT2D eigenvalue weighted by atomic mass is 15.4. The summed E-state index contributed by atoms with van der Waals surface area (Å²) < 4.78 is 0. The Morgan fingerprint density at radius 3 is 2.60 bits per heavy atom. The summed E-state index contributed by atoms with van der Waals surface area (Å²) in [6.45, 7) is 4.20. The lowest BCUT2D eigenvalue weighted by atomic mass is 10.2. The lowest BCUT2D eigenvalue weighted by Gasteiger charge is -2.19. The van der Waals surface area contributed by atoms with E-state index in [0.717, 1.165) is 38.6 Å². The maximum absolute atomic E-state index is 5.46. The summed E-state index contributed by atoms with van der Waals surface area (Å²) in [6, 6.07) is 0. The van der Waals surface area contributed by atoms with E-state index in [0.29, 0.717) is 0 Å². The molecule has 0 saturated carbocycles. The first-order valence-corrected chi connectivity index (χ1v) is 5.92. The molecule has 4 nitrogen and oxygen atoms in total. The third-order valence-corrected chi connectivity index (χ3v) is 2.91. The van der Waals surface area contributed by atoms with Gasteiger partial charge in [-0.15, -0.1) is 0 Å². The molecule has 0 aliphatic carbocycles. The van der Waals surface area contributed by atoms with Gasteiger partial charge in [-0.25, -0.2) is 0 Å². The molecule has 0 unspecified atom stereocenters. The predicted octanol–water partition coefficient (Wildman–Crippen LogP) is 0.739. The molecule has 88 valence electrons. The van der Waals surface area contributed by atoms with Crippen molar-refractivity contribution >= 4 is 5.96 Å². The molecular formula is C11H24N4. The Hall–Kier alpha value is -0.770. The minimum absolute atomic E-state index is 0.828. The van der Waals surface area contributed by atoms with Gasteiger partial charge >= 0.3 is 0 Å². The van der Waals surface area contributed by atoms with Gasteiger partial charge in [-0.1, -0.05) is 12.8 Å². The molecule has 0 atom stereocenters. The van der Waals surface area contributed by atoms with Crippen molar-refractivity contribution in [3.05, 3.63) is 0 Å². The molecule has 1 aliphatic rings. The Labute approximate surface area is 93.1 Å². The summed E-state index contributed by atoms with van der Waals surface area (Å²) in [6.07, 6.45) is 4.97. The lowest BCUT2D eigenvalue weighted by Crippen LogP contribution is -2.32. The number of nitrogens with two attached hydrogens (primary N) is 1. The van der Waals surface area contributed by atoms with Gasteiger partial charge in [-0.05, 0) is 19.4 Å². The van der Waals surface area contributed by atoms with Gasteiger partial charge < -0.3 is 15.5 Å². The van der Waals surface area contributed by atoms with Crippen LogP contribution in [-0.2, 0) is 0 Å². The van der Waals surface area contributed by atoms with Gasteiger partial charge in [0.2, 0.25) is 0 Å². The van der Waals surface area contributed by atoms with Crippen molar-refractivity contribution in [2.45, 2.75) is 25.7 Å². The summed E-state index contributed by atoms with van der Waals surface area (Å²) in [5.41, 5.74) is 5.46. The van der Waals surface area contributed by atoms with Crippen LogP contribution in [-0.4, -0.2) is 56.0 Å². The minimum atomic E-state index is 0.828. The lowest BCUT2D eigenvalue weighted by molar-refractivity contribution is 0.436. The SMILES string of the molecule is C/N=C1\N(C)CCN1CCCCCCN. The molecule has 0 spiro atoms. The summed E-state index contributed by atoms with van der Waals surface area (Å²) >= 11 is 0. The maximum Gasteiger partial charge on any atom is 0.196 e. The van der Waals surface area contributed by atoms with E-state index in [4.69, 9.17) is 5.73 Å². The Balaban J connectivity index is 2.16. The van der Waals surface area contributed by atoms with Crippen molar-refractivity contribution in [2.24, 2.45) is 10.7 Å². The summed E-state index contributed by atoms with van der Waals surface area (Å²) in [7, 11) is 3.98. The highest BCUT2D eigenvalue weighted by molar-refractivity contribution is 5.81. The van der Waals surface area contributed by atoms with E-state index in [-0.39, 0.29) is 0 Å². The van der Waals surface area contributed by atoms with E-state index in [9.17, 15) is 0 Å². The Morgan fingerprint density at radius 2 is 1.93 bits per heavy atom. The van der Waals surface area contributed by atoms with E-state index in [1.165, 1.54) is 19.3 Å². The molecule has 0 aromatic heterocycles. The molecule has 0 radical (unpaired) electrons. The molecular weight excluding hydrogens is 188 g/mol. The fraction of sp³-hybridized carbons (Fsp3) is 0.909. The first-order valence-electron chi connectivity index (χ1n) is 5.92. The smallest absolute Gasteiger partial charge is 0.196 e. The van der Waals surface area contributed by atoms with Crippen molar-refractivity contribution in [3.8, 4) is 0 Å². The fourth-order valence-electron chi connectivity index (χ4n) is 2.04. The number of nitrogens with zero attached hydrogens (tertiary/aromatic N) is 3. The standard InChI is InChI=1S/C11H24N4/c1-13-11-14(2)9-10-15(11)8-6-4-3-5-7-12/h3-10,12H2,1-2H3/b13-11+. The van der Waals surface area contributed by atoms with Gasteiger partial charge in [0, 0.05) is 33.7 Å². The van der Waals surface area contributed by atoms with Crippen molar-refractivity contribution in [1.29, 1.82) is 0 Å². The zero-order chi connectivity index (χ0) is 11.1. The second-order valence-electron chi connectivity index (χ2n) is 4.14. The molecule has 2 N–H and O–H groups in total. The predicted molar refractivity (Wildman–Crippen MR) is 65.1 cm³/mol. The molecule has 1 rings (SSSR count). The molecule has 0 bridgehead atoms. The Kier molecular flexibility index (Phi) is 5.47. The van der Waals surface area contributed by atoms with Crippen LogP contribution < -0.4 is 5.73 Å². The molecule has 1 heterocycles. The van der Waals surface area contributed by atoms with Gasteiger partial charge in [0.05, 0.1) is 0 Å². The van der Waals surface area contributed by atoms with Crippen LogP contribution in [0.1, 0.15) is 25.7 Å². The zero-order valence-electron chi connectivity index (χ0n) is 10.1. The summed E-state index contributed by atoms with van der Waals surface area (Å²) in [5, 5.41) is 0.